The predicted molar refractivity (Wildman–Crippen MR) is 102 cm³/mol. The average molecular weight is 365 g/mol. The quantitative estimate of drug-likeness (QED) is 0.620. The molecule has 1 atom stereocenters. The van der Waals surface area contributed by atoms with Crippen molar-refractivity contribution in [3.63, 3.8) is 0 Å². The van der Waals surface area contributed by atoms with E-state index in [4.69, 9.17) is 4.74 Å². The van der Waals surface area contributed by atoms with Crippen molar-refractivity contribution in [1.29, 1.82) is 0 Å². The van der Waals surface area contributed by atoms with Gasteiger partial charge in [0.05, 0.1) is 11.4 Å². The molecule has 1 saturated heterocycles. The topological polar surface area (TPSA) is 29.5 Å². The second-order valence-corrected chi connectivity index (χ2v) is 6.93. The maximum absolute atomic E-state index is 14.2. The second kappa shape index (κ2) is 7.22. The number of halogens is 1. The van der Waals surface area contributed by atoms with Crippen LogP contribution in [0.4, 0.5) is 10.1 Å². The maximum atomic E-state index is 14.2. The van der Waals surface area contributed by atoms with Gasteiger partial charge < -0.3 is 4.74 Å². The number of carbonyl (C=O) groups is 1. The minimum atomic E-state index is -0.398. The number of rotatable bonds is 4. The van der Waals surface area contributed by atoms with E-state index < -0.39 is 5.82 Å². The number of nitrogens with zero attached hydrogens (tertiary/aromatic N) is 1. The van der Waals surface area contributed by atoms with Gasteiger partial charge in [0.1, 0.15) is 22.7 Å². The molecule has 0 aliphatic carbocycles. The Labute approximate surface area is 155 Å². The highest BCUT2D eigenvalue weighted by Gasteiger charge is 2.35. The Morgan fingerprint density at radius 3 is 2.46 bits per heavy atom. The fourth-order valence-corrected chi connectivity index (χ4v) is 4.09. The van der Waals surface area contributed by atoms with E-state index in [-0.39, 0.29) is 11.3 Å². The highest BCUT2D eigenvalue weighted by atomic mass is 32.2. The largest absolute Gasteiger partial charge is 0.457 e. The molecule has 0 N–H and O–H groups in total. The molecule has 5 heteroatoms. The molecule has 1 aliphatic rings. The molecule has 3 aromatic rings. The summed E-state index contributed by atoms with van der Waals surface area (Å²) < 4.78 is 20.1. The van der Waals surface area contributed by atoms with Crippen LogP contribution in [-0.4, -0.2) is 11.7 Å². The van der Waals surface area contributed by atoms with Gasteiger partial charge in [0, 0.05) is 0 Å². The number of carbonyl (C=O) groups excluding carboxylic acids is 1. The lowest BCUT2D eigenvalue weighted by molar-refractivity contribution is -0.115. The molecule has 0 bridgehead atoms. The lowest BCUT2D eigenvalue weighted by Gasteiger charge is -2.25. The van der Waals surface area contributed by atoms with Crippen molar-refractivity contribution in [2.45, 2.75) is 5.37 Å². The number of hydrogen-bond donors (Lipinski definition) is 0. The molecule has 0 spiro atoms. The molecule has 3 nitrogen and oxygen atoms in total. The fourth-order valence-electron chi connectivity index (χ4n) is 2.93. The number of amides is 1. The number of benzene rings is 3. The summed E-state index contributed by atoms with van der Waals surface area (Å²) in [6.45, 7) is 0. The molecule has 0 aromatic heterocycles. The monoisotopic (exact) mass is 365 g/mol. The summed E-state index contributed by atoms with van der Waals surface area (Å²) >= 11 is 1.48. The predicted octanol–water partition coefficient (Wildman–Crippen LogP) is 5.40. The normalized spacial score (nSPS) is 16.7. The van der Waals surface area contributed by atoms with Crippen LogP contribution in [0.3, 0.4) is 0 Å². The molecule has 0 unspecified atom stereocenters. The molecular weight excluding hydrogens is 349 g/mol. The van der Waals surface area contributed by atoms with E-state index in [1.807, 2.05) is 54.6 Å². The summed E-state index contributed by atoms with van der Waals surface area (Å²) in [5, 5.41) is -0.279. The summed E-state index contributed by atoms with van der Waals surface area (Å²) in [6, 6.07) is 23.5. The number of ether oxygens (including phenoxy) is 1. The number of hydrogen-bond acceptors (Lipinski definition) is 3. The van der Waals surface area contributed by atoms with Gasteiger partial charge >= 0.3 is 0 Å². The summed E-state index contributed by atoms with van der Waals surface area (Å²) in [7, 11) is 0. The first-order valence-electron chi connectivity index (χ1n) is 8.23. The number of anilines is 1. The molecule has 26 heavy (non-hydrogen) atoms. The SMILES string of the molecule is O=C1CS[C@H](c2cccc(Oc3ccccc3)c2)N1c1ccccc1F. The summed E-state index contributed by atoms with van der Waals surface area (Å²) in [5.41, 5.74) is 1.21. The zero-order valence-electron chi connectivity index (χ0n) is 13.8. The Balaban J connectivity index is 1.65. The third-order valence-electron chi connectivity index (χ3n) is 4.10. The number of thioether (sulfide) groups is 1. The molecule has 4 rings (SSSR count). The molecule has 1 heterocycles. The van der Waals surface area contributed by atoms with E-state index in [0.29, 0.717) is 17.2 Å². The molecule has 130 valence electrons. The zero-order chi connectivity index (χ0) is 17.9. The van der Waals surface area contributed by atoms with Crippen molar-refractivity contribution in [2.75, 3.05) is 10.7 Å². The van der Waals surface area contributed by atoms with Gasteiger partial charge in [0.15, 0.2) is 0 Å². The molecule has 0 saturated carbocycles. The lowest BCUT2D eigenvalue weighted by Crippen LogP contribution is -2.28. The Kier molecular flexibility index (Phi) is 4.63. The van der Waals surface area contributed by atoms with Crippen LogP contribution in [-0.2, 0) is 4.79 Å². The third kappa shape index (κ3) is 3.30. The summed E-state index contributed by atoms with van der Waals surface area (Å²) in [5.74, 6) is 1.25. The van der Waals surface area contributed by atoms with Crippen LogP contribution in [0.5, 0.6) is 11.5 Å². The Hall–Kier alpha value is -2.79. The maximum Gasteiger partial charge on any atom is 0.238 e. The Morgan fingerprint density at radius 2 is 1.65 bits per heavy atom. The van der Waals surface area contributed by atoms with Gasteiger partial charge in [-0.15, -0.1) is 11.8 Å². The summed E-state index contributed by atoms with van der Waals surface area (Å²) in [6.07, 6.45) is 0. The molecular formula is C21H16FNO2S. The first-order chi connectivity index (χ1) is 12.7. The standard InChI is InChI=1S/C21H16FNO2S/c22-18-11-4-5-12-19(18)23-20(24)14-26-21(23)15-7-6-10-17(13-15)25-16-8-2-1-3-9-16/h1-13,21H,14H2/t21-/m1/s1. The van der Waals surface area contributed by atoms with Crippen LogP contribution >= 0.6 is 11.8 Å². The van der Waals surface area contributed by atoms with Crippen LogP contribution in [0, 0.1) is 5.82 Å². The van der Waals surface area contributed by atoms with Gasteiger partial charge in [0.25, 0.3) is 0 Å². The second-order valence-electron chi connectivity index (χ2n) is 5.87. The van der Waals surface area contributed by atoms with Crippen LogP contribution in [0.25, 0.3) is 0 Å². The highest BCUT2D eigenvalue weighted by Crippen LogP contribution is 2.43. The van der Waals surface area contributed by atoms with Crippen LogP contribution in [0.15, 0.2) is 78.9 Å². The first-order valence-corrected chi connectivity index (χ1v) is 9.28. The van der Waals surface area contributed by atoms with Crippen molar-refractivity contribution in [3.8, 4) is 11.5 Å². The van der Waals surface area contributed by atoms with E-state index in [1.165, 1.54) is 22.7 Å². The van der Waals surface area contributed by atoms with Gasteiger partial charge in [0.2, 0.25) is 5.91 Å². The third-order valence-corrected chi connectivity index (χ3v) is 5.31. The fraction of sp³-hybridized carbons (Fsp3) is 0.0952. The highest BCUT2D eigenvalue weighted by molar-refractivity contribution is 8.00. The molecule has 1 fully saturated rings. The van der Waals surface area contributed by atoms with Crippen LogP contribution in [0.1, 0.15) is 10.9 Å². The van der Waals surface area contributed by atoms with Crippen LogP contribution in [0.2, 0.25) is 0 Å². The first kappa shape index (κ1) is 16.7. The van der Waals surface area contributed by atoms with E-state index in [2.05, 4.69) is 0 Å². The van der Waals surface area contributed by atoms with Crippen molar-refractivity contribution in [3.05, 3.63) is 90.2 Å². The molecule has 1 aliphatic heterocycles. The lowest BCUT2D eigenvalue weighted by atomic mass is 10.1. The van der Waals surface area contributed by atoms with E-state index in [0.717, 1.165) is 11.3 Å². The van der Waals surface area contributed by atoms with Crippen molar-refractivity contribution >= 4 is 23.4 Å². The van der Waals surface area contributed by atoms with Gasteiger partial charge in [-0.25, -0.2) is 4.39 Å². The van der Waals surface area contributed by atoms with Gasteiger partial charge in [-0.05, 0) is 42.0 Å². The van der Waals surface area contributed by atoms with Gasteiger partial charge in [-0.2, -0.15) is 0 Å². The van der Waals surface area contributed by atoms with E-state index >= 15 is 0 Å². The molecule has 1 amide bonds. The Morgan fingerprint density at radius 1 is 0.923 bits per heavy atom. The van der Waals surface area contributed by atoms with Crippen molar-refractivity contribution < 1.29 is 13.9 Å². The van der Waals surface area contributed by atoms with E-state index in [9.17, 15) is 9.18 Å². The summed E-state index contributed by atoms with van der Waals surface area (Å²) in [4.78, 5) is 13.9. The number of para-hydroxylation sites is 2. The van der Waals surface area contributed by atoms with Gasteiger partial charge in [-0.3, -0.25) is 9.69 Å². The van der Waals surface area contributed by atoms with Crippen molar-refractivity contribution in [1.82, 2.24) is 0 Å². The minimum absolute atomic E-state index is 0.0977. The van der Waals surface area contributed by atoms with Crippen LogP contribution < -0.4 is 9.64 Å². The van der Waals surface area contributed by atoms with Gasteiger partial charge in [-0.1, -0.05) is 42.5 Å². The molecule has 3 aromatic carbocycles. The Bertz CT molecular complexity index is 932. The molecule has 0 radical (unpaired) electrons. The van der Waals surface area contributed by atoms with Crippen molar-refractivity contribution in [2.24, 2.45) is 0 Å². The average Bonchev–Trinajstić information content (AvgIpc) is 3.05. The smallest absolute Gasteiger partial charge is 0.238 e. The minimum Gasteiger partial charge on any atom is -0.457 e. The van der Waals surface area contributed by atoms with E-state index in [1.54, 1.807) is 18.2 Å². The zero-order valence-corrected chi connectivity index (χ0v) is 14.7.